The molecule has 1 heterocycles. The highest BCUT2D eigenvalue weighted by atomic mass is 16.5. The van der Waals surface area contributed by atoms with Crippen molar-refractivity contribution in [3.63, 3.8) is 0 Å². The monoisotopic (exact) mass is 425 g/mol. The smallest absolute Gasteiger partial charge is 0.119 e. The maximum absolute atomic E-state index is 9.67. The standard InChI is InChI=1S/C29H31NO2/c31-25-12-8-22(9-13-25)20-29-27-7-3-2-6-23(27)10-11-24-21-26(14-15-28(24)29)32-19-18-30-16-4-1-5-17-30/h2-3,6-9,12-15,20-21,31H,1,4-5,10-11,16-19H2. The number of nitrogens with zero attached hydrogens (tertiary/aromatic N) is 1. The average molecular weight is 426 g/mol. The van der Waals surface area contributed by atoms with E-state index in [1.807, 2.05) is 12.1 Å². The molecule has 1 aliphatic heterocycles. The highest BCUT2D eigenvalue weighted by Gasteiger charge is 2.19. The van der Waals surface area contributed by atoms with E-state index in [0.29, 0.717) is 5.75 Å². The lowest BCUT2D eigenvalue weighted by molar-refractivity contribution is 0.183. The number of hydrogen-bond acceptors (Lipinski definition) is 3. The lowest BCUT2D eigenvalue weighted by Crippen LogP contribution is -2.33. The number of aryl methyl sites for hydroxylation is 2. The Morgan fingerprint density at radius 1 is 0.812 bits per heavy atom. The van der Waals surface area contributed by atoms with Crippen molar-refractivity contribution in [1.82, 2.24) is 4.90 Å². The van der Waals surface area contributed by atoms with Gasteiger partial charge < -0.3 is 9.84 Å². The Morgan fingerprint density at radius 3 is 2.41 bits per heavy atom. The van der Waals surface area contributed by atoms with Crippen LogP contribution in [-0.4, -0.2) is 36.2 Å². The van der Waals surface area contributed by atoms with E-state index in [9.17, 15) is 5.11 Å². The summed E-state index contributed by atoms with van der Waals surface area (Å²) < 4.78 is 6.17. The lowest BCUT2D eigenvalue weighted by Gasteiger charge is -2.26. The molecule has 5 rings (SSSR count). The van der Waals surface area contributed by atoms with Gasteiger partial charge in [-0.2, -0.15) is 0 Å². The van der Waals surface area contributed by atoms with Crippen LogP contribution in [0.25, 0.3) is 11.6 Å². The second-order valence-corrected chi connectivity index (χ2v) is 8.88. The molecule has 1 aliphatic carbocycles. The van der Waals surface area contributed by atoms with E-state index >= 15 is 0 Å². The molecule has 1 fully saturated rings. The normalized spacial score (nSPS) is 17.4. The fraction of sp³-hybridized carbons (Fsp3) is 0.310. The Morgan fingerprint density at radius 2 is 1.56 bits per heavy atom. The minimum Gasteiger partial charge on any atom is -0.508 e. The number of aromatic hydroxyl groups is 1. The van der Waals surface area contributed by atoms with Gasteiger partial charge in [-0.1, -0.05) is 48.9 Å². The molecule has 0 saturated carbocycles. The van der Waals surface area contributed by atoms with Crippen molar-refractivity contribution < 1.29 is 9.84 Å². The van der Waals surface area contributed by atoms with Gasteiger partial charge in [-0.15, -0.1) is 0 Å². The van der Waals surface area contributed by atoms with Crippen LogP contribution in [0.5, 0.6) is 11.5 Å². The molecule has 3 heteroatoms. The summed E-state index contributed by atoms with van der Waals surface area (Å²) in [5.74, 6) is 1.26. The van der Waals surface area contributed by atoms with Crippen LogP contribution in [0.15, 0.2) is 66.7 Å². The Kier molecular flexibility index (Phi) is 6.27. The van der Waals surface area contributed by atoms with Crippen molar-refractivity contribution in [3.05, 3.63) is 94.5 Å². The van der Waals surface area contributed by atoms with Gasteiger partial charge in [0.05, 0.1) is 0 Å². The van der Waals surface area contributed by atoms with E-state index in [1.165, 1.54) is 60.2 Å². The van der Waals surface area contributed by atoms with Crippen LogP contribution in [0.1, 0.15) is 47.1 Å². The quantitative estimate of drug-likeness (QED) is 0.549. The number of fused-ring (bicyclic) bond motifs is 2. The molecule has 0 radical (unpaired) electrons. The number of phenols is 1. The number of likely N-dealkylation sites (tertiary alicyclic amines) is 1. The maximum atomic E-state index is 9.67. The van der Waals surface area contributed by atoms with Crippen molar-refractivity contribution in [2.45, 2.75) is 32.1 Å². The summed E-state index contributed by atoms with van der Waals surface area (Å²) in [6.45, 7) is 4.16. The SMILES string of the molecule is Oc1ccc(C=C2c3ccccc3CCc3cc(OCCN4CCCCC4)ccc32)cc1. The van der Waals surface area contributed by atoms with Gasteiger partial charge in [0.15, 0.2) is 0 Å². The fourth-order valence-electron chi connectivity index (χ4n) is 4.91. The molecule has 32 heavy (non-hydrogen) atoms. The van der Waals surface area contributed by atoms with E-state index in [4.69, 9.17) is 4.74 Å². The molecule has 0 unspecified atom stereocenters. The highest BCUT2D eigenvalue weighted by Crippen LogP contribution is 2.36. The summed E-state index contributed by atoms with van der Waals surface area (Å²) in [4.78, 5) is 2.52. The summed E-state index contributed by atoms with van der Waals surface area (Å²) >= 11 is 0. The topological polar surface area (TPSA) is 32.7 Å². The molecule has 0 aromatic heterocycles. The van der Waals surface area contributed by atoms with E-state index < -0.39 is 0 Å². The molecule has 0 spiro atoms. The molecule has 1 saturated heterocycles. The number of phenolic OH excluding ortho intramolecular Hbond substituents is 1. The number of rotatable bonds is 5. The zero-order valence-corrected chi connectivity index (χ0v) is 18.6. The summed E-state index contributed by atoms with van der Waals surface area (Å²) in [5.41, 5.74) is 7.59. The van der Waals surface area contributed by atoms with Crippen LogP contribution in [0.3, 0.4) is 0 Å². The molecular weight excluding hydrogens is 394 g/mol. The van der Waals surface area contributed by atoms with Gasteiger partial charge >= 0.3 is 0 Å². The second-order valence-electron chi connectivity index (χ2n) is 8.88. The first kappa shape index (κ1) is 20.8. The molecule has 0 atom stereocenters. The van der Waals surface area contributed by atoms with Gasteiger partial charge in [0.25, 0.3) is 0 Å². The number of ether oxygens (including phenoxy) is 1. The van der Waals surface area contributed by atoms with Crippen LogP contribution in [0.2, 0.25) is 0 Å². The van der Waals surface area contributed by atoms with Crippen LogP contribution in [0, 0.1) is 0 Å². The fourth-order valence-corrected chi connectivity index (χ4v) is 4.91. The number of piperidine rings is 1. The van der Waals surface area contributed by atoms with Crippen LogP contribution in [-0.2, 0) is 12.8 Å². The van der Waals surface area contributed by atoms with Gasteiger partial charge in [-0.25, -0.2) is 0 Å². The molecule has 3 nitrogen and oxygen atoms in total. The van der Waals surface area contributed by atoms with Crippen molar-refractivity contribution >= 4 is 11.6 Å². The molecule has 164 valence electrons. The van der Waals surface area contributed by atoms with E-state index in [-0.39, 0.29) is 0 Å². The molecule has 3 aromatic rings. The molecule has 0 bridgehead atoms. The van der Waals surface area contributed by atoms with Crippen LogP contribution >= 0.6 is 0 Å². The van der Waals surface area contributed by atoms with Gasteiger partial charge in [0.1, 0.15) is 18.1 Å². The second kappa shape index (κ2) is 9.62. The molecule has 2 aliphatic rings. The summed E-state index contributed by atoms with van der Waals surface area (Å²) in [6, 6.07) is 22.7. The van der Waals surface area contributed by atoms with Crippen molar-refractivity contribution in [3.8, 4) is 11.5 Å². The molecule has 0 amide bonds. The summed E-state index contributed by atoms with van der Waals surface area (Å²) in [5, 5.41) is 9.67. The zero-order chi connectivity index (χ0) is 21.8. The first-order valence-electron chi connectivity index (χ1n) is 11.8. The number of benzene rings is 3. The first-order valence-corrected chi connectivity index (χ1v) is 11.8. The highest BCUT2D eigenvalue weighted by molar-refractivity contribution is 5.94. The first-order chi connectivity index (χ1) is 15.8. The number of hydrogen-bond donors (Lipinski definition) is 1. The zero-order valence-electron chi connectivity index (χ0n) is 18.6. The molecule has 3 aromatic carbocycles. The largest absolute Gasteiger partial charge is 0.508 e. The third-order valence-electron chi connectivity index (χ3n) is 6.67. The van der Waals surface area contributed by atoms with Gasteiger partial charge in [0.2, 0.25) is 0 Å². The van der Waals surface area contributed by atoms with E-state index in [1.54, 1.807) is 12.1 Å². The minimum atomic E-state index is 0.292. The Bertz CT molecular complexity index is 1090. The third kappa shape index (κ3) is 4.73. The summed E-state index contributed by atoms with van der Waals surface area (Å²) in [6.07, 6.45) is 8.25. The predicted octanol–water partition coefficient (Wildman–Crippen LogP) is 5.94. The third-order valence-corrected chi connectivity index (χ3v) is 6.67. The Labute approximate surface area is 191 Å². The molecule has 1 N–H and O–H groups in total. The average Bonchev–Trinajstić information content (AvgIpc) is 2.98. The minimum absolute atomic E-state index is 0.292. The predicted molar refractivity (Wildman–Crippen MR) is 131 cm³/mol. The van der Waals surface area contributed by atoms with Crippen molar-refractivity contribution in [2.24, 2.45) is 0 Å². The van der Waals surface area contributed by atoms with Crippen LogP contribution in [0.4, 0.5) is 0 Å². The van der Waals surface area contributed by atoms with Crippen molar-refractivity contribution in [2.75, 3.05) is 26.2 Å². The lowest BCUT2D eigenvalue weighted by atomic mass is 9.92. The summed E-state index contributed by atoms with van der Waals surface area (Å²) in [7, 11) is 0. The molecular formula is C29H31NO2. The van der Waals surface area contributed by atoms with Gasteiger partial charge in [-0.05, 0) is 103 Å². The Hall–Kier alpha value is -3.04. The van der Waals surface area contributed by atoms with Crippen molar-refractivity contribution in [1.29, 1.82) is 0 Å². The van der Waals surface area contributed by atoms with Gasteiger partial charge in [-0.3, -0.25) is 4.90 Å². The Balaban J connectivity index is 1.42. The van der Waals surface area contributed by atoms with E-state index in [2.05, 4.69) is 53.4 Å². The van der Waals surface area contributed by atoms with Crippen LogP contribution < -0.4 is 4.74 Å². The van der Waals surface area contributed by atoms with E-state index in [0.717, 1.165) is 37.3 Å². The van der Waals surface area contributed by atoms with Gasteiger partial charge in [0, 0.05) is 6.54 Å². The maximum Gasteiger partial charge on any atom is 0.119 e.